The van der Waals surface area contributed by atoms with Crippen LogP contribution in [0.2, 0.25) is 0 Å². The van der Waals surface area contributed by atoms with Crippen molar-refractivity contribution in [2.75, 3.05) is 7.11 Å². The summed E-state index contributed by atoms with van der Waals surface area (Å²) in [5, 5.41) is 5.10. The number of methoxy groups -OCH3 is 1. The van der Waals surface area contributed by atoms with E-state index in [1.54, 1.807) is 7.11 Å². The van der Waals surface area contributed by atoms with E-state index in [0.717, 1.165) is 37.3 Å². The summed E-state index contributed by atoms with van der Waals surface area (Å²) < 4.78 is 7.81. The maximum Gasteiger partial charge on any atom is 0.122 e. The molecule has 0 saturated carbocycles. The van der Waals surface area contributed by atoms with Crippen molar-refractivity contribution in [1.82, 2.24) is 9.78 Å². The second-order valence-electron chi connectivity index (χ2n) is 7.13. The number of hydrogen-bond donors (Lipinski definition) is 0. The third-order valence-electron chi connectivity index (χ3n) is 5.53. The van der Waals surface area contributed by atoms with Crippen molar-refractivity contribution >= 4 is 5.57 Å². The molecule has 1 heterocycles. The number of benzene rings is 2. The van der Waals surface area contributed by atoms with Gasteiger partial charge in [0.05, 0.1) is 25.0 Å². The molecule has 0 amide bonds. The molecule has 0 atom stereocenters. The van der Waals surface area contributed by atoms with Gasteiger partial charge in [-0.3, -0.25) is 4.68 Å². The molecule has 0 unspecified atom stereocenters. The van der Waals surface area contributed by atoms with Crippen molar-refractivity contribution in [1.29, 1.82) is 0 Å². The average Bonchev–Trinajstić information content (AvgIpc) is 3.35. The van der Waals surface area contributed by atoms with E-state index in [9.17, 15) is 0 Å². The second kappa shape index (κ2) is 6.58. The SMILES string of the molecule is COc1cccc2c1CCc1c-2nn(Cc2ccccc2)c1C1=CC=CC1. The molecule has 0 fully saturated rings. The summed E-state index contributed by atoms with van der Waals surface area (Å²) in [7, 11) is 1.75. The zero-order valence-electron chi connectivity index (χ0n) is 15.5. The van der Waals surface area contributed by atoms with E-state index < -0.39 is 0 Å². The minimum Gasteiger partial charge on any atom is -0.496 e. The molecule has 3 heteroatoms. The fourth-order valence-electron chi connectivity index (χ4n) is 4.29. The van der Waals surface area contributed by atoms with Gasteiger partial charge in [0.25, 0.3) is 0 Å². The van der Waals surface area contributed by atoms with Gasteiger partial charge in [0, 0.05) is 16.7 Å². The van der Waals surface area contributed by atoms with Gasteiger partial charge in [0.15, 0.2) is 0 Å². The highest BCUT2D eigenvalue weighted by Gasteiger charge is 2.28. The smallest absolute Gasteiger partial charge is 0.122 e. The Morgan fingerprint density at radius 3 is 2.63 bits per heavy atom. The van der Waals surface area contributed by atoms with Crippen LogP contribution in [0.25, 0.3) is 16.8 Å². The number of aromatic nitrogens is 2. The van der Waals surface area contributed by atoms with Crippen molar-refractivity contribution in [2.24, 2.45) is 0 Å². The summed E-state index contributed by atoms with van der Waals surface area (Å²) in [4.78, 5) is 0. The van der Waals surface area contributed by atoms with Gasteiger partial charge in [0.2, 0.25) is 0 Å². The number of fused-ring (bicyclic) bond motifs is 3. The Kier molecular flexibility index (Phi) is 3.93. The molecule has 134 valence electrons. The van der Waals surface area contributed by atoms with Crippen LogP contribution in [-0.4, -0.2) is 16.9 Å². The van der Waals surface area contributed by atoms with Crippen molar-refractivity contribution in [3.8, 4) is 17.0 Å². The van der Waals surface area contributed by atoms with Crippen molar-refractivity contribution in [3.63, 3.8) is 0 Å². The molecule has 2 aliphatic carbocycles. The molecule has 5 rings (SSSR count). The molecule has 0 bridgehead atoms. The fraction of sp³-hybridized carbons (Fsp3) is 0.208. The molecule has 3 nitrogen and oxygen atoms in total. The maximum absolute atomic E-state index is 5.60. The average molecular weight is 354 g/mol. The van der Waals surface area contributed by atoms with E-state index in [-0.39, 0.29) is 0 Å². The van der Waals surface area contributed by atoms with E-state index in [0.29, 0.717) is 0 Å². The van der Waals surface area contributed by atoms with Crippen molar-refractivity contribution < 1.29 is 4.74 Å². The zero-order valence-corrected chi connectivity index (χ0v) is 15.5. The lowest BCUT2D eigenvalue weighted by Gasteiger charge is -2.19. The van der Waals surface area contributed by atoms with Gasteiger partial charge >= 0.3 is 0 Å². The van der Waals surface area contributed by atoms with Crippen LogP contribution in [0.15, 0.2) is 66.8 Å². The lowest BCUT2D eigenvalue weighted by Crippen LogP contribution is -2.07. The van der Waals surface area contributed by atoms with E-state index in [1.165, 1.54) is 33.5 Å². The molecule has 27 heavy (non-hydrogen) atoms. The summed E-state index contributed by atoms with van der Waals surface area (Å²) in [6.07, 6.45) is 9.60. The lowest BCUT2D eigenvalue weighted by molar-refractivity contribution is 0.409. The van der Waals surface area contributed by atoms with Crippen molar-refractivity contribution in [2.45, 2.75) is 25.8 Å². The summed E-state index contributed by atoms with van der Waals surface area (Å²) in [5.41, 5.74) is 8.93. The van der Waals surface area contributed by atoms with E-state index in [1.807, 2.05) is 0 Å². The van der Waals surface area contributed by atoms with Crippen LogP contribution in [0.1, 0.15) is 28.8 Å². The summed E-state index contributed by atoms with van der Waals surface area (Å²) >= 11 is 0. The van der Waals surface area contributed by atoms with Gasteiger partial charge in [-0.2, -0.15) is 5.10 Å². The van der Waals surface area contributed by atoms with Gasteiger partial charge in [-0.1, -0.05) is 60.7 Å². The van der Waals surface area contributed by atoms with Crippen LogP contribution in [-0.2, 0) is 19.4 Å². The topological polar surface area (TPSA) is 27.1 Å². The molecule has 0 N–H and O–H groups in total. The molecular formula is C24H22N2O. The summed E-state index contributed by atoms with van der Waals surface area (Å²) in [6.45, 7) is 0.791. The molecule has 2 aromatic carbocycles. The first kappa shape index (κ1) is 16.1. The van der Waals surface area contributed by atoms with Gasteiger partial charge in [-0.15, -0.1) is 0 Å². The van der Waals surface area contributed by atoms with Crippen molar-refractivity contribution in [3.05, 3.63) is 89.1 Å². The van der Waals surface area contributed by atoms with Crippen LogP contribution in [0.4, 0.5) is 0 Å². The number of ether oxygens (including phenoxy) is 1. The monoisotopic (exact) mass is 354 g/mol. The molecule has 0 radical (unpaired) electrons. The Morgan fingerprint density at radius 2 is 1.85 bits per heavy atom. The molecule has 1 aromatic heterocycles. The number of hydrogen-bond acceptors (Lipinski definition) is 2. The first-order valence-electron chi connectivity index (χ1n) is 9.51. The molecule has 0 saturated heterocycles. The molecule has 2 aliphatic rings. The minimum absolute atomic E-state index is 0.791. The largest absolute Gasteiger partial charge is 0.496 e. The first-order valence-corrected chi connectivity index (χ1v) is 9.51. The molecule has 0 spiro atoms. The Labute approximate surface area is 159 Å². The quantitative estimate of drug-likeness (QED) is 0.656. The number of rotatable bonds is 4. The van der Waals surface area contributed by atoms with Crippen LogP contribution in [0.3, 0.4) is 0 Å². The van der Waals surface area contributed by atoms with Gasteiger partial charge in [-0.05, 0) is 36.5 Å². The van der Waals surface area contributed by atoms with Gasteiger partial charge in [-0.25, -0.2) is 0 Å². The predicted molar refractivity (Wildman–Crippen MR) is 109 cm³/mol. The van der Waals surface area contributed by atoms with E-state index >= 15 is 0 Å². The standard InChI is InChI=1S/C24H22N2O/c1-27-22-13-7-12-20-19(22)14-15-21-23(20)25-26(16-17-8-3-2-4-9-17)24(21)18-10-5-6-11-18/h2-10,12-13H,11,14-16H2,1H3. The first-order chi connectivity index (χ1) is 13.3. The Morgan fingerprint density at radius 1 is 1.00 bits per heavy atom. The minimum atomic E-state index is 0.791. The van der Waals surface area contributed by atoms with Crippen LogP contribution < -0.4 is 4.74 Å². The zero-order chi connectivity index (χ0) is 18.2. The number of allylic oxidation sites excluding steroid dienone is 4. The highest BCUT2D eigenvalue weighted by atomic mass is 16.5. The van der Waals surface area contributed by atoms with Gasteiger partial charge < -0.3 is 4.74 Å². The van der Waals surface area contributed by atoms with Crippen LogP contribution in [0, 0.1) is 0 Å². The Balaban J connectivity index is 1.67. The second-order valence-corrected chi connectivity index (χ2v) is 7.13. The van der Waals surface area contributed by atoms with E-state index in [2.05, 4.69) is 71.4 Å². The molecule has 0 aliphatic heterocycles. The van der Waals surface area contributed by atoms with Crippen LogP contribution in [0.5, 0.6) is 5.75 Å². The molecule has 3 aromatic rings. The normalized spacial score (nSPS) is 14.6. The third-order valence-corrected chi connectivity index (χ3v) is 5.53. The maximum atomic E-state index is 5.60. The predicted octanol–water partition coefficient (Wildman–Crippen LogP) is 5.05. The highest BCUT2D eigenvalue weighted by Crippen LogP contribution is 2.41. The summed E-state index contributed by atoms with van der Waals surface area (Å²) in [5.74, 6) is 0.971. The third kappa shape index (κ3) is 2.71. The Hall–Kier alpha value is -3.07. The number of nitrogens with zero attached hydrogens (tertiary/aromatic N) is 2. The lowest BCUT2D eigenvalue weighted by atomic mass is 9.87. The van der Waals surface area contributed by atoms with Crippen LogP contribution >= 0.6 is 0 Å². The fourth-order valence-corrected chi connectivity index (χ4v) is 4.29. The highest BCUT2D eigenvalue weighted by molar-refractivity contribution is 5.80. The van der Waals surface area contributed by atoms with E-state index in [4.69, 9.17) is 9.84 Å². The summed E-state index contributed by atoms with van der Waals surface area (Å²) in [6, 6.07) is 16.9. The molecular weight excluding hydrogens is 332 g/mol. The Bertz CT molecular complexity index is 1060. The van der Waals surface area contributed by atoms with Gasteiger partial charge in [0.1, 0.15) is 5.75 Å².